The van der Waals surface area contributed by atoms with Crippen molar-refractivity contribution in [1.82, 2.24) is 4.98 Å². The highest BCUT2D eigenvalue weighted by atomic mass is 19.1. The number of aromatic nitrogens is 1. The van der Waals surface area contributed by atoms with Crippen molar-refractivity contribution in [2.24, 2.45) is 0 Å². The molecule has 0 N–H and O–H groups in total. The lowest BCUT2D eigenvalue weighted by molar-refractivity contribution is 0.474. The summed E-state index contributed by atoms with van der Waals surface area (Å²) >= 11 is 0. The summed E-state index contributed by atoms with van der Waals surface area (Å²) in [7, 11) is 0. The van der Waals surface area contributed by atoms with E-state index >= 15 is 0 Å². The number of aryl methyl sites for hydroxylation is 1. The van der Waals surface area contributed by atoms with Gasteiger partial charge in [-0.2, -0.15) is 0 Å². The zero-order valence-electron chi connectivity index (χ0n) is 12.6. The standard InChI is InChI=1S/C20H14FNO/c1-15-4-2-5-16(10-15)7-8-17-11-18(21)13-20(12-17)23-19-6-3-9-22-14-19/h2-6,9-14H,1H3. The third-order valence-electron chi connectivity index (χ3n) is 3.11. The van der Waals surface area contributed by atoms with E-state index in [9.17, 15) is 4.39 Å². The molecule has 0 saturated carbocycles. The van der Waals surface area contributed by atoms with E-state index in [1.165, 1.54) is 12.1 Å². The summed E-state index contributed by atoms with van der Waals surface area (Å²) in [4.78, 5) is 3.96. The van der Waals surface area contributed by atoms with Gasteiger partial charge in [0.25, 0.3) is 0 Å². The van der Waals surface area contributed by atoms with Crippen LogP contribution in [0.2, 0.25) is 0 Å². The molecular formula is C20H14FNO. The van der Waals surface area contributed by atoms with Crippen LogP contribution in [0.3, 0.4) is 0 Å². The summed E-state index contributed by atoms with van der Waals surface area (Å²) in [5.74, 6) is 6.56. The van der Waals surface area contributed by atoms with Crippen LogP contribution in [0.25, 0.3) is 0 Å². The lowest BCUT2D eigenvalue weighted by Gasteiger charge is -2.05. The third kappa shape index (κ3) is 4.18. The predicted octanol–water partition coefficient (Wildman–Crippen LogP) is 4.72. The summed E-state index contributed by atoms with van der Waals surface area (Å²) in [5.41, 5.74) is 2.59. The normalized spacial score (nSPS) is 9.83. The van der Waals surface area contributed by atoms with E-state index in [1.54, 1.807) is 30.6 Å². The molecule has 0 radical (unpaired) electrons. The molecule has 23 heavy (non-hydrogen) atoms. The Balaban J connectivity index is 1.86. The van der Waals surface area contributed by atoms with Gasteiger partial charge in [-0.25, -0.2) is 4.39 Å². The van der Waals surface area contributed by atoms with Crippen molar-refractivity contribution in [3.63, 3.8) is 0 Å². The Morgan fingerprint density at radius 3 is 2.57 bits per heavy atom. The van der Waals surface area contributed by atoms with E-state index in [0.29, 0.717) is 17.1 Å². The van der Waals surface area contributed by atoms with Crippen LogP contribution in [0.4, 0.5) is 4.39 Å². The van der Waals surface area contributed by atoms with E-state index in [0.717, 1.165) is 11.1 Å². The van der Waals surface area contributed by atoms with E-state index in [4.69, 9.17) is 4.74 Å². The number of halogens is 1. The molecule has 0 bridgehead atoms. The highest BCUT2D eigenvalue weighted by Gasteiger charge is 2.02. The molecule has 0 aliphatic carbocycles. The second kappa shape index (κ2) is 6.76. The van der Waals surface area contributed by atoms with Gasteiger partial charge in [-0.05, 0) is 48.9 Å². The Morgan fingerprint density at radius 1 is 0.913 bits per heavy atom. The maximum absolute atomic E-state index is 13.8. The molecule has 0 aliphatic rings. The highest BCUT2D eigenvalue weighted by molar-refractivity contribution is 5.46. The molecule has 2 aromatic carbocycles. The molecule has 0 aliphatic heterocycles. The quantitative estimate of drug-likeness (QED) is 0.639. The van der Waals surface area contributed by atoms with Gasteiger partial charge in [0.05, 0.1) is 6.20 Å². The smallest absolute Gasteiger partial charge is 0.145 e. The number of nitrogens with zero attached hydrogens (tertiary/aromatic N) is 1. The van der Waals surface area contributed by atoms with Crippen LogP contribution in [0.15, 0.2) is 67.0 Å². The molecule has 0 saturated heterocycles. The average Bonchev–Trinajstić information content (AvgIpc) is 2.53. The maximum atomic E-state index is 13.8. The second-order valence-electron chi connectivity index (χ2n) is 5.09. The number of hydrogen-bond acceptors (Lipinski definition) is 2. The van der Waals surface area contributed by atoms with Crippen molar-refractivity contribution in [2.75, 3.05) is 0 Å². The van der Waals surface area contributed by atoms with E-state index in [2.05, 4.69) is 16.8 Å². The molecule has 112 valence electrons. The molecule has 0 amide bonds. The molecular weight excluding hydrogens is 289 g/mol. The summed E-state index contributed by atoms with van der Waals surface area (Å²) in [6.07, 6.45) is 3.22. The van der Waals surface area contributed by atoms with Gasteiger partial charge in [-0.3, -0.25) is 4.98 Å². The Hall–Kier alpha value is -3.12. The van der Waals surface area contributed by atoms with Gasteiger partial charge >= 0.3 is 0 Å². The number of rotatable bonds is 2. The van der Waals surface area contributed by atoms with Gasteiger partial charge in [-0.15, -0.1) is 0 Å². The van der Waals surface area contributed by atoms with Crippen molar-refractivity contribution in [3.8, 4) is 23.3 Å². The van der Waals surface area contributed by atoms with Crippen LogP contribution in [-0.4, -0.2) is 4.98 Å². The number of hydrogen-bond donors (Lipinski definition) is 0. The number of ether oxygens (including phenoxy) is 1. The second-order valence-corrected chi connectivity index (χ2v) is 5.09. The van der Waals surface area contributed by atoms with Crippen molar-refractivity contribution < 1.29 is 9.13 Å². The van der Waals surface area contributed by atoms with Crippen molar-refractivity contribution >= 4 is 0 Å². The molecule has 0 spiro atoms. The summed E-state index contributed by atoms with van der Waals surface area (Å²) in [5, 5.41) is 0. The topological polar surface area (TPSA) is 22.1 Å². The molecule has 0 fully saturated rings. The minimum atomic E-state index is -0.389. The van der Waals surface area contributed by atoms with Gasteiger partial charge < -0.3 is 4.74 Å². The average molecular weight is 303 g/mol. The highest BCUT2D eigenvalue weighted by Crippen LogP contribution is 2.22. The fourth-order valence-electron chi connectivity index (χ4n) is 2.10. The Morgan fingerprint density at radius 2 is 1.78 bits per heavy atom. The molecule has 0 unspecified atom stereocenters. The summed E-state index contributed by atoms with van der Waals surface area (Å²) in [6, 6.07) is 15.8. The Labute approximate surface area is 134 Å². The fraction of sp³-hybridized carbons (Fsp3) is 0.0500. The SMILES string of the molecule is Cc1cccc(C#Cc2cc(F)cc(Oc3cccnc3)c2)c1. The summed E-state index contributed by atoms with van der Waals surface area (Å²) < 4.78 is 19.4. The molecule has 3 rings (SSSR count). The van der Waals surface area contributed by atoms with Crippen molar-refractivity contribution in [1.29, 1.82) is 0 Å². The van der Waals surface area contributed by atoms with Gasteiger partial charge in [-0.1, -0.05) is 24.0 Å². The monoisotopic (exact) mass is 303 g/mol. The van der Waals surface area contributed by atoms with Crippen LogP contribution in [0.5, 0.6) is 11.5 Å². The van der Waals surface area contributed by atoms with Crippen LogP contribution in [0, 0.1) is 24.6 Å². The Kier molecular flexibility index (Phi) is 4.35. The molecule has 3 heteroatoms. The first kappa shape index (κ1) is 14.8. The van der Waals surface area contributed by atoms with E-state index in [-0.39, 0.29) is 5.82 Å². The lowest BCUT2D eigenvalue weighted by atomic mass is 10.1. The summed E-state index contributed by atoms with van der Waals surface area (Å²) in [6.45, 7) is 2.01. The van der Waals surface area contributed by atoms with Gasteiger partial charge in [0.15, 0.2) is 0 Å². The first-order chi connectivity index (χ1) is 11.2. The van der Waals surface area contributed by atoms with Crippen molar-refractivity contribution in [3.05, 3.63) is 89.5 Å². The third-order valence-corrected chi connectivity index (χ3v) is 3.11. The van der Waals surface area contributed by atoms with Gasteiger partial charge in [0, 0.05) is 23.4 Å². The van der Waals surface area contributed by atoms with Crippen molar-refractivity contribution in [2.45, 2.75) is 6.92 Å². The van der Waals surface area contributed by atoms with Crippen LogP contribution < -0.4 is 4.74 Å². The maximum Gasteiger partial charge on any atom is 0.145 e. The molecule has 2 nitrogen and oxygen atoms in total. The minimum Gasteiger partial charge on any atom is -0.456 e. The first-order valence-corrected chi connectivity index (χ1v) is 7.16. The molecule has 0 atom stereocenters. The fourth-order valence-corrected chi connectivity index (χ4v) is 2.10. The van der Waals surface area contributed by atoms with Crippen LogP contribution >= 0.6 is 0 Å². The van der Waals surface area contributed by atoms with Gasteiger partial charge in [0.2, 0.25) is 0 Å². The van der Waals surface area contributed by atoms with Crippen LogP contribution in [-0.2, 0) is 0 Å². The first-order valence-electron chi connectivity index (χ1n) is 7.16. The Bertz CT molecular complexity index is 879. The van der Waals surface area contributed by atoms with E-state index < -0.39 is 0 Å². The minimum absolute atomic E-state index is 0.389. The molecule has 1 heterocycles. The molecule has 3 aromatic rings. The number of benzene rings is 2. The zero-order chi connectivity index (χ0) is 16.1. The zero-order valence-corrected chi connectivity index (χ0v) is 12.6. The molecule has 1 aromatic heterocycles. The lowest BCUT2D eigenvalue weighted by Crippen LogP contribution is -1.88. The predicted molar refractivity (Wildman–Crippen MR) is 87.9 cm³/mol. The van der Waals surface area contributed by atoms with E-state index in [1.807, 2.05) is 31.2 Å². The van der Waals surface area contributed by atoms with Crippen LogP contribution in [0.1, 0.15) is 16.7 Å². The number of pyridine rings is 1. The largest absolute Gasteiger partial charge is 0.456 e. The van der Waals surface area contributed by atoms with Gasteiger partial charge in [0.1, 0.15) is 17.3 Å².